The number of nitrogens with zero attached hydrogens (tertiary/aromatic N) is 4. The van der Waals surface area contributed by atoms with E-state index in [9.17, 15) is 0 Å². The third-order valence-electron chi connectivity index (χ3n) is 2.63. The number of nitrogens with two attached hydrogens (primary N) is 1. The molecule has 2 aromatic heterocycles. The Morgan fingerprint density at radius 2 is 2.06 bits per heavy atom. The Labute approximate surface area is 114 Å². The van der Waals surface area contributed by atoms with Crippen molar-refractivity contribution in [2.45, 2.75) is 26.4 Å². The Kier molecular flexibility index (Phi) is 4.05. The van der Waals surface area contributed by atoms with Crippen molar-refractivity contribution in [2.24, 2.45) is 5.84 Å². The van der Waals surface area contributed by atoms with Crippen molar-refractivity contribution in [3.05, 3.63) is 40.1 Å². The Balaban J connectivity index is 2.44. The number of hydrazine groups is 1. The van der Waals surface area contributed by atoms with Gasteiger partial charge >= 0.3 is 0 Å². The van der Waals surface area contributed by atoms with Crippen molar-refractivity contribution in [2.75, 3.05) is 0 Å². The average Bonchev–Trinajstić information content (AvgIpc) is 2.74. The summed E-state index contributed by atoms with van der Waals surface area (Å²) in [5, 5.41) is 4.26. The summed E-state index contributed by atoms with van der Waals surface area (Å²) in [6.45, 7) is 4.72. The van der Waals surface area contributed by atoms with Crippen LogP contribution < -0.4 is 11.3 Å². The van der Waals surface area contributed by atoms with Gasteiger partial charge in [0.05, 0.1) is 16.4 Å². The van der Waals surface area contributed by atoms with Crippen molar-refractivity contribution in [3.63, 3.8) is 0 Å². The lowest BCUT2D eigenvalue weighted by Crippen LogP contribution is -2.32. The summed E-state index contributed by atoms with van der Waals surface area (Å²) in [5.74, 6) is 6.26. The van der Waals surface area contributed by atoms with E-state index in [1.165, 1.54) is 0 Å². The molecule has 0 fully saturated rings. The van der Waals surface area contributed by atoms with Crippen LogP contribution in [0.3, 0.4) is 0 Å². The number of hydrogen-bond donors (Lipinski definition) is 2. The standard InChI is InChI=1S/C11H15BrN6/c1-3-18-10(8(12)6-16-18)9(17-13)11-14-4-7(2)5-15-11/h4-6,9,17H,3,13H2,1-2H3. The minimum Gasteiger partial charge on any atom is -0.270 e. The quantitative estimate of drug-likeness (QED) is 0.657. The minimum atomic E-state index is -0.289. The molecule has 0 amide bonds. The maximum absolute atomic E-state index is 5.63. The predicted octanol–water partition coefficient (Wildman–Crippen LogP) is 1.32. The molecule has 2 heterocycles. The molecule has 0 aliphatic rings. The van der Waals surface area contributed by atoms with Crippen molar-refractivity contribution in [3.8, 4) is 0 Å². The zero-order valence-corrected chi connectivity index (χ0v) is 11.8. The van der Waals surface area contributed by atoms with E-state index < -0.39 is 0 Å². The molecule has 0 radical (unpaired) electrons. The summed E-state index contributed by atoms with van der Waals surface area (Å²) in [5.41, 5.74) is 4.67. The number of aryl methyl sites for hydroxylation is 2. The number of aromatic nitrogens is 4. The summed E-state index contributed by atoms with van der Waals surface area (Å²) in [7, 11) is 0. The van der Waals surface area contributed by atoms with Crippen molar-refractivity contribution in [1.82, 2.24) is 25.2 Å². The molecule has 0 saturated carbocycles. The number of halogens is 1. The normalized spacial score (nSPS) is 12.7. The van der Waals surface area contributed by atoms with E-state index >= 15 is 0 Å². The Morgan fingerprint density at radius 3 is 2.61 bits per heavy atom. The van der Waals surface area contributed by atoms with E-state index in [0.717, 1.165) is 22.3 Å². The zero-order chi connectivity index (χ0) is 13.1. The molecule has 0 spiro atoms. The fraction of sp³-hybridized carbons (Fsp3) is 0.364. The van der Waals surface area contributed by atoms with Gasteiger partial charge in [0.1, 0.15) is 6.04 Å². The first-order valence-corrected chi connectivity index (χ1v) is 6.42. The largest absolute Gasteiger partial charge is 0.270 e. The van der Waals surface area contributed by atoms with Crippen molar-refractivity contribution in [1.29, 1.82) is 0 Å². The summed E-state index contributed by atoms with van der Waals surface area (Å²) in [4.78, 5) is 8.61. The lowest BCUT2D eigenvalue weighted by Gasteiger charge is -2.16. The maximum Gasteiger partial charge on any atom is 0.152 e. The van der Waals surface area contributed by atoms with E-state index in [0.29, 0.717) is 5.82 Å². The van der Waals surface area contributed by atoms with Crippen LogP contribution in [0, 0.1) is 6.92 Å². The molecule has 7 heteroatoms. The van der Waals surface area contributed by atoms with Crippen molar-refractivity contribution >= 4 is 15.9 Å². The van der Waals surface area contributed by atoms with Crippen LogP contribution in [0.4, 0.5) is 0 Å². The molecule has 2 aromatic rings. The topological polar surface area (TPSA) is 81.7 Å². The highest BCUT2D eigenvalue weighted by Gasteiger charge is 2.22. The van der Waals surface area contributed by atoms with Gasteiger partial charge in [0.2, 0.25) is 0 Å². The SMILES string of the molecule is CCn1ncc(Br)c1C(NN)c1ncc(C)cn1. The zero-order valence-electron chi connectivity index (χ0n) is 10.3. The first-order chi connectivity index (χ1) is 8.67. The predicted molar refractivity (Wildman–Crippen MR) is 71.5 cm³/mol. The van der Waals surface area contributed by atoms with Gasteiger partial charge in [0.25, 0.3) is 0 Å². The van der Waals surface area contributed by atoms with Crippen LogP contribution in [0.2, 0.25) is 0 Å². The van der Waals surface area contributed by atoms with Gasteiger partial charge in [0, 0.05) is 18.9 Å². The first kappa shape index (κ1) is 13.1. The summed E-state index contributed by atoms with van der Waals surface area (Å²) < 4.78 is 2.74. The van der Waals surface area contributed by atoms with Gasteiger partial charge in [-0.1, -0.05) is 0 Å². The highest BCUT2D eigenvalue weighted by Crippen LogP contribution is 2.26. The van der Waals surface area contributed by atoms with Gasteiger partial charge in [-0.3, -0.25) is 10.5 Å². The van der Waals surface area contributed by atoms with Crippen LogP contribution in [-0.4, -0.2) is 19.7 Å². The fourth-order valence-electron chi connectivity index (χ4n) is 1.74. The number of hydrogen-bond acceptors (Lipinski definition) is 5. The van der Waals surface area contributed by atoms with E-state index in [4.69, 9.17) is 5.84 Å². The second kappa shape index (κ2) is 5.55. The second-order valence-electron chi connectivity index (χ2n) is 3.91. The molecule has 1 unspecified atom stereocenters. The molecule has 18 heavy (non-hydrogen) atoms. The molecule has 0 aromatic carbocycles. The summed E-state index contributed by atoms with van der Waals surface area (Å²) in [6, 6.07) is -0.289. The molecule has 0 saturated heterocycles. The van der Waals surface area contributed by atoms with E-state index in [-0.39, 0.29) is 6.04 Å². The van der Waals surface area contributed by atoms with Gasteiger partial charge in [-0.25, -0.2) is 15.4 Å². The monoisotopic (exact) mass is 310 g/mol. The fourth-order valence-corrected chi connectivity index (χ4v) is 2.26. The Morgan fingerprint density at radius 1 is 1.39 bits per heavy atom. The molecular weight excluding hydrogens is 296 g/mol. The van der Waals surface area contributed by atoms with Gasteiger partial charge in [-0.2, -0.15) is 5.10 Å². The third-order valence-corrected chi connectivity index (χ3v) is 3.24. The summed E-state index contributed by atoms with van der Waals surface area (Å²) in [6.07, 6.45) is 5.29. The highest BCUT2D eigenvalue weighted by atomic mass is 79.9. The molecule has 0 bridgehead atoms. The van der Waals surface area contributed by atoms with Crippen LogP contribution in [-0.2, 0) is 6.54 Å². The lowest BCUT2D eigenvalue weighted by molar-refractivity contribution is 0.523. The van der Waals surface area contributed by atoms with Crippen LogP contribution in [0.15, 0.2) is 23.1 Å². The minimum absolute atomic E-state index is 0.289. The van der Waals surface area contributed by atoms with E-state index in [2.05, 4.69) is 36.4 Å². The van der Waals surface area contributed by atoms with Gasteiger partial charge in [0.15, 0.2) is 5.82 Å². The van der Waals surface area contributed by atoms with Crippen LogP contribution >= 0.6 is 15.9 Å². The molecule has 6 nitrogen and oxygen atoms in total. The van der Waals surface area contributed by atoms with E-state index in [1.807, 2.05) is 18.5 Å². The molecule has 0 aliphatic heterocycles. The third kappa shape index (κ3) is 2.43. The molecule has 3 N–H and O–H groups in total. The maximum atomic E-state index is 5.63. The molecule has 0 aliphatic carbocycles. The number of rotatable bonds is 4. The van der Waals surface area contributed by atoms with Gasteiger partial charge in [-0.05, 0) is 35.3 Å². The number of nitrogens with one attached hydrogen (secondary N) is 1. The van der Waals surface area contributed by atoms with Crippen molar-refractivity contribution < 1.29 is 0 Å². The first-order valence-electron chi connectivity index (χ1n) is 5.63. The lowest BCUT2D eigenvalue weighted by atomic mass is 10.2. The van der Waals surface area contributed by atoms with Crippen LogP contribution in [0.25, 0.3) is 0 Å². The molecule has 2 rings (SSSR count). The summed E-state index contributed by atoms with van der Waals surface area (Å²) >= 11 is 3.48. The smallest absolute Gasteiger partial charge is 0.152 e. The highest BCUT2D eigenvalue weighted by molar-refractivity contribution is 9.10. The van der Waals surface area contributed by atoms with Crippen LogP contribution in [0.5, 0.6) is 0 Å². The van der Waals surface area contributed by atoms with Crippen LogP contribution in [0.1, 0.15) is 30.0 Å². The Hall–Kier alpha value is -1.31. The van der Waals surface area contributed by atoms with Gasteiger partial charge in [-0.15, -0.1) is 0 Å². The van der Waals surface area contributed by atoms with Gasteiger partial charge < -0.3 is 0 Å². The average molecular weight is 311 g/mol. The molecule has 96 valence electrons. The Bertz CT molecular complexity index is 521. The second-order valence-corrected chi connectivity index (χ2v) is 4.77. The molecular formula is C11H15BrN6. The molecule has 1 atom stereocenters. The van der Waals surface area contributed by atoms with E-state index in [1.54, 1.807) is 18.6 Å².